The fourth-order valence-electron chi connectivity index (χ4n) is 7.20. The van der Waals surface area contributed by atoms with Gasteiger partial charge in [0.05, 0.1) is 10.3 Å². The number of piperidine rings is 1. The van der Waals surface area contributed by atoms with Gasteiger partial charge in [0.15, 0.2) is 21.0 Å². The van der Waals surface area contributed by atoms with Crippen LogP contribution in [-0.4, -0.2) is 65.3 Å². The maximum Gasteiger partial charge on any atom is 0.287 e. The zero-order chi connectivity index (χ0) is 33.2. The molecule has 248 valence electrons. The summed E-state index contributed by atoms with van der Waals surface area (Å²) in [5.41, 5.74) is 0.315. The van der Waals surface area contributed by atoms with E-state index in [1.54, 1.807) is 24.8 Å². The van der Waals surface area contributed by atoms with Gasteiger partial charge in [-0.15, -0.1) is 0 Å². The lowest BCUT2D eigenvalue weighted by molar-refractivity contribution is -0.136. The smallest absolute Gasteiger partial charge is 0.287 e. The number of likely N-dealkylation sites (tertiary alicyclic amines) is 1. The van der Waals surface area contributed by atoms with E-state index in [0.29, 0.717) is 24.0 Å². The summed E-state index contributed by atoms with van der Waals surface area (Å²) in [6.07, 6.45) is 12.2. The third kappa shape index (κ3) is 7.43. The number of hydrogen-bond acceptors (Lipinski definition) is 8. The standard InChI is InChI=1S/C34H38ClN5O6S/c1-47(44,45)26-11-12-30-27(18-26)29(41)19-31(46-30)32(42)38-28(17-23-7-9-25(35)10-8-23)33(43)39-15-13-34(14-16-39,20-40-22-36-21-37-40)24-5-3-2-4-6-24/h7-12,18-19,21-22,24,28H,2-6,13-17,20H2,1H3,(H,38,42)/t28-/m1/s1. The minimum Gasteiger partial charge on any atom is -0.451 e. The average molecular weight is 680 g/mol. The summed E-state index contributed by atoms with van der Waals surface area (Å²) >= 11 is 6.11. The van der Waals surface area contributed by atoms with Crippen molar-refractivity contribution < 1.29 is 22.4 Å². The zero-order valence-corrected chi connectivity index (χ0v) is 27.8. The number of nitrogens with zero attached hydrogens (tertiary/aromatic N) is 4. The summed E-state index contributed by atoms with van der Waals surface area (Å²) in [5, 5.41) is 7.82. The monoisotopic (exact) mass is 679 g/mol. The van der Waals surface area contributed by atoms with Crippen molar-refractivity contribution in [1.29, 1.82) is 0 Å². The molecule has 1 saturated heterocycles. The lowest BCUT2D eigenvalue weighted by Crippen LogP contribution is -2.54. The van der Waals surface area contributed by atoms with Crippen molar-refractivity contribution in [3.8, 4) is 0 Å². The van der Waals surface area contributed by atoms with Crippen LogP contribution in [0.3, 0.4) is 0 Å². The molecule has 0 unspecified atom stereocenters. The quantitative estimate of drug-likeness (QED) is 0.269. The third-order valence-corrected chi connectivity index (χ3v) is 11.2. The number of hydrogen-bond donors (Lipinski definition) is 1. The predicted octanol–water partition coefficient (Wildman–Crippen LogP) is 4.67. The van der Waals surface area contributed by atoms with E-state index in [2.05, 4.69) is 15.4 Å². The van der Waals surface area contributed by atoms with E-state index in [1.807, 2.05) is 21.7 Å². The Labute approximate surface area is 278 Å². The maximum absolute atomic E-state index is 14.2. The molecule has 1 saturated carbocycles. The largest absolute Gasteiger partial charge is 0.451 e. The van der Waals surface area contributed by atoms with Crippen LogP contribution in [0, 0.1) is 11.3 Å². The van der Waals surface area contributed by atoms with Crippen molar-refractivity contribution in [2.24, 2.45) is 11.3 Å². The molecule has 47 heavy (non-hydrogen) atoms. The zero-order valence-electron chi connectivity index (χ0n) is 26.2. The van der Waals surface area contributed by atoms with Crippen LogP contribution in [0.25, 0.3) is 11.0 Å². The number of nitrogens with one attached hydrogen (secondary N) is 1. The molecule has 1 aliphatic carbocycles. The van der Waals surface area contributed by atoms with Gasteiger partial charge in [-0.3, -0.25) is 19.1 Å². The molecular weight excluding hydrogens is 642 g/mol. The predicted molar refractivity (Wildman–Crippen MR) is 177 cm³/mol. The van der Waals surface area contributed by atoms with Gasteiger partial charge in [0, 0.05) is 43.4 Å². The van der Waals surface area contributed by atoms with Gasteiger partial charge < -0.3 is 14.6 Å². The summed E-state index contributed by atoms with van der Waals surface area (Å²) in [4.78, 5) is 46.6. The molecular formula is C34H38ClN5O6S. The van der Waals surface area contributed by atoms with Gasteiger partial charge in [-0.1, -0.05) is 43.0 Å². The summed E-state index contributed by atoms with van der Waals surface area (Å²) < 4.78 is 31.6. The molecule has 0 spiro atoms. The second-order valence-electron chi connectivity index (χ2n) is 12.9. The highest BCUT2D eigenvalue weighted by Gasteiger charge is 2.44. The Balaban J connectivity index is 1.23. The van der Waals surface area contributed by atoms with Crippen molar-refractivity contribution in [2.45, 2.75) is 68.8 Å². The fourth-order valence-corrected chi connectivity index (χ4v) is 7.98. The number of rotatable bonds is 9. The van der Waals surface area contributed by atoms with E-state index in [9.17, 15) is 22.8 Å². The first-order chi connectivity index (χ1) is 22.5. The highest BCUT2D eigenvalue weighted by molar-refractivity contribution is 7.90. The highest BCUT2D eigenvalue weighted by atomic mass is 35.5. The van der Waals surface area contributed by atoms with Gasteiger partial charge in [-0.25, -0.2) is 13.4 Å². The van der Waals surface area contributed by atoms with Crippen LogP contribution in [0.2, 0.25) is 5.02 Å². The van der Waals surface area contributed by atoms with E-state index < -0.39 is 27.2 Å². The second kappa shape index (κ2) is 13.6. The van der Waals surface area contributed by atoms with Crippen LogP contribution in [0.15, 0.2) is 75.3 Å². The first kappa shape index (κ1) is 32.9. The molecule has 2 aliphatic rings. The number of aromatic nitrogens is 3. The minimum atomic E-state index is -3.55. The number of carbonyl (C=O) groups excluding carboxylic acids is 2. The molecule has 13 heteroatoms. The Kier molecular flexibility index (Phi) is 9.52. The molecule has 2 aromatic heterocycles. The maximum atomic E-state index is 14.2. The Bertz CT molecular complexity index is 1910. The number of amides is 2. The first-order valence-corrected chi connectivity index (χ1v) is 18.2. The molecule has 2 fully saturated rings. The number of fused-ring (bicyclic) bond motifs is 1. The van der Waals surface area contributed by atoms with Crippen LogP contribution >= 0.6 is 11.6 Å². The van der Waals surface area contributed by atoms with E-state index in [4.69, 9.17) is 16.0 Å². The summed E-state index contributed by atoms with van der Waals surface area (Å²) in [7, 11) is -3.55. The van der Waals surface area contributed by atoms with Crippen molar-refractivity contribution in [3.05, 3.63) is 87.8 Å². The Hall–Kier alpha value is -4.03. The topological polar surface area (TPSA) is 144 Å². The molecule has 6 rings (SSSR count). The second-order valence-corrected chi connectivity index (χ2v) is 15.3. The van der Waals surface area contributed by atoms with Crippen LogP contribution < -0.4 is 10.7 Å². The van der Waals surface area contributed by atoms with E-state index in [1.165, 1.54) is 50.3 Å². The van der Waals surface area contributed by atoms with Gasteiger partial charge >= 0.3 is 0 Å². The number of halogens is 1. The third-order valence-electron chi connectivity index (χ3n) is 9.79. The summed E-state index contributed by atoms with van der Waals surface area (Å²) in [6, 6.07) is 11.1. The van der Waals surface area contributed by atoms with Crippen LogP contribution in [0.5, 0.6) is 0 Å². The van der Waals surface area contributed by atoms with E-state index in [0.717, 1.165) is 37.3 Å². The van der Waals surface area contributed by atoms with E-state index >= 15 is 0 Å². The van der Waals surface area contributed by atoms with Crippen LogP contribution in [0.1, 0.15) is 61.1 Å². The average Bonchev–Trinajstić information content (AvgIpc) is 3.58. The van der Waals surface area contributed by atoms with Crippen LogP contribution in [0.4, 0.5) is 0 Å². The van der Waals surface area contributed by atoms with Crippen molar-refractivity contribution in [3.63, 3.8) is 0 Å². The van der Waals surface area contributed by atoms with Crippen molar-refractivity contribution >= 4 is 44.2 Å². The number of carbonyl (C=O) groups is 2. The van der Waals surface area contributed by atoms with Crippen molar-refractivity contribution in [1.82, 2.24) is 25.0 Å². The number of sulfone groups is 1. The lowest BCUT2D eigenvalue weighted by atomic mass is 9.63. The van der Waals surface area contributed by atoms with Gasteiger partial charge in [-0.2, -0.15) is 5.10 Å². The highest BCUT2D eigenvalue weighted by Crippen LogP contribution is 2.47. The van der Waals surface area contributed by atoms with Gasteiger partial charge in [-0.05, 0) is 72.9 Å². The van der Waals surface area contributed by atoms with Gasteiger partial charge in [0.1, 0.15) is 24.3 Å². The minimum absolute atomic E-state index is 0.00526. The molecule has 2 amide bonds. The molecule has 1 atom stereocenters. The lowest BCUT2D eigenvalue weighted by Gasteiger charge is -2.48. The molecule has 3 heterocycles. The summed E-state index contributed by atoms with van der Waals surface area (Å²) in [6.45, 7) is 1.85. The molecule has 1 N–H and O–H groups in total. The molecule has 0 radical (unpaired) electrons. The van der Waals surface area contributed by atoms with Gasteiger partial charge in [0.2, 0.25) is 5.91 Å². The fraction of sp³-hybridized carbons (Fsp3) is 0.441. The van der Waals surface area contributed by atoms with Gasteiger partial charge in [0.25, 0.3) is 5.91 Å². The Morgan fingerprint density at radius 3 is 2.45 bits per heavy atom. The molecule has 0 bridgehead atoms. The molecule has 1 aliphatic heterocycles. The normalized spacial score (nSPS) is 17.8. The van der Waals surface area contributed by atoms with E-state index in [-0.39, 0.29) is 39.4 Å². The first-order valence-electron chi connectivity index (χ1n) is 16.0. The summed E-state index contributed by atoms with van der Waals surface area (Å²) in [5.74, 6) is -0.659. The SMILES string of the molecule is CS(=O)(=O)c1ccc2oc(C(=O)N[C@H](Cc3ccc(Cl)cc3)C(=O)N3CCC(Cn4cncn4)(C4CCCCC4)CC3)cc(=O)c2c1. The van der Waals surface area contributed by atoms with Crippen molar-refractivity contribution in [2.75, 3.05) is 19.3 Å². The molecule has 11 nitrogen and oxygen atoms in total. The van der Waals surface area contributed by atoms with Crippen LogP contribution in [-0.2, 0) is 27.6 Å². The Morgan fingerprint density at radius 2 is 1.79 bits per heavy atom. The molecule has 2 aromatic carbocycles. The molecule has 4 aromatic rings. The number of benzene rings is 2. The Morgan fingerprint density at radius 1 is 1.06 bits per heavy atom.